The standard InChI is InChI=1S/C18H22ClFN2O2S/c1-21-10-4-5-15-12-13-11-14(20)8-9-17(13)22(25(15,23)24)18-7-3-2-6-16(18)19/h2-3,6-9,11,15,21,23-24H,4-5,10,12H2,1H3/t15-/m0/s1. The van der Waals surface area contributed by atoms with Crippen molar-refractivity contribution >= 4 is 33.8 Å². The molecule has 0 unspecified atom stereocenters. The highest BCUT2D eigenvalue weighted by atomic mass is 35.5. The van der Waals surface area contributed by atoms with Crippen LogP contribution in [0.5, 0.6) is 0 Å². The maximum Gasteiger partial charge on any atom is 0.123 e. The summed E-state index contributed by atoms with van der Waals surface area (Å²) in [4.78, 5) is 0. The van der Waals surface area contributed by atoms with E-state index in [1.54, 1.807) is 30.3 Å². The molecular formula is C18H22ClFN2O2S. The molecule has 0 spiro atoms. The van der Waals surface area contributed by atoms with Crippen LogP contribution in [0.2, 0.25) is 5.02 Å². The van der Waals surface area contributed by atoms with E-state index in [0.29, 0.717) is 29.2 Å². The summed E-state index contributed by atoms with van der Waals surface area (Å²) in [6.07, 6.45) is 1.86. The summed E-state index contributed by atoms with van der Waals surface area (Å²) < 4.78 is 37.4. The van der Waals surface area contributed by atoms with E-state index >= 15 is 0 Å². The summed E-state index contributed by atoms with van der Waals surface area (Å²) in [6.45, 7) is 0.786. The zero-order valence-corrected chi connectivity index (χ0v) is 15.5. The van der Waals surface area contributed by atoms with Gasteiger partial charge in [0.25, 0.3) is 0 Å². The zero-order valence-electron chi connectivity index (χ0n) is 14.0. The number of anilines is 2. The van der Waals surface area contributed by atoms with Crippen molar-refractivity contribution in [3.8, 4) is 0 Å². The molecule has 2 aromatic rings. The van der Waals surface area contributed by atoms with Gasteiger partial charge in [-0.25, -0.2) is 8.70 Å². The highest BCUT2D eigenvalue weighted by Gasteiger charge is 2.40. The normalized spacial score (nSPS) is 20.2. The first-order valence-corrected chi connectivity index (χ1v) is 10.1. The fraction of sp³-hybridized carbons (Fsp3) is 0.333. The molecule has 3 rings (SSSR count). The molecule has 4 nitrogen and oxygen atoms in total. The third-order valence-electron chi connectivity index (χ3n) is 4.45. The van der Waals surface area contributed by atoms with Gasteiger partial charge in [-0.3, -0.25) is 9.11 Å². The molecule has 2 aromatic carbocycles. The predicted molar refractivity (Wildman–Crippen MR) is 103 cm³/mol. The second-order valence-corrected chi connectivity index (χ2v) is 8.71. The van der Waals surface area contributed by atoms with Crippen LogP contribution in [-0.4, -0.2) is 27.9 Å². The molecule has 0 saturated heterocycles. The van der Waals surface area contributed by atoms with Gasteiger partial charge in [-0.15, -0.1) is 10.8 Å². The number of nitrogens with one attached hydrogen (secondary N) is 1. The maximum atomic E-state index is 13.8. The quantitative estimate of drug-likeness (QED) is 0.619. The van der Waals surface area contributed by atoms with Crippen LogP contribution in [0.15, 0.2) is 42.5 Å². The molecule has 0 bridgehead atoms. The number of para-hydroxylation sites is 1. The van der Waals surface area contributed by atoms with Crippen LogP contribution < -0.4 is 9.62 Å². The molecular weight excluding hydrogens is 363 g/mol. The lowest BCUT2D eigenvalue weighted by atomic mass is 10.0. The van der Waals surface area contributed by atoms with E-state index < -0.39 is 10.8 Å². The van der Waals surface area contributed by atoms with Gasteiger partial charge in [0.15, 0.2) is 0 Å². The van der Waals surface area contributed by atoms with E-state index in [1.807, 2.05) is 7.05 Å². The lowest BCUT2D eigenvalue weighted by Gasteiger charge is -2.53. The molecule has 7 heteroatoms. The van der Waals surface area contributed by atoms with Gasteiger partial charge >= 0.3 is 0 Å². The van der Waals surface area contributed by atoms with Crippen molar-refractivity contribution in [3.63, 3.8) is 0 Å². The lowest BCUT2D eigenvalue weighted by Crippen LogP contribution is -2.38. The number of hydrogen-bond donors (Lipinski definition) is 3. The van der Waals surface area contributed by atoms with E-state index in [-0.39, 0.29) is 11.1 Å². The summed E-state index contributed by atoms with van der Waals surface area (Å²) in [5, 5.41) is 3.11. The number of hydrogen-bond acceptors (Lipinski definition) is 4. The highest BCUT2D eigenvalue weighted by Crippen LogP contribution is 2.61. The first kappa shape index (κ1) is 18.5. The Bertz CT molecular complexity index is 760. The zero-order chi connectivity index (χ0) is 18.0. The Hall–Kier alpha value is -1.31. The fourth-order valence-corrected chi connectivity index (χ4v) is 5.60. The van der Waals surface area contributed by atoms with E-state index in [2.05, 4.69) is 5.32 Å². The van der Waals surface area contributed by atoms with Gasteiger partial charge in [-0.2, -0.15) is 0 Å². The number of benzene rings is 2. The van der Waals surface area contributed by atoms with Crippen LogP contribution in [0.25, 0.3) is 0 Å². The molecule has 1 aliphatic heterocycles. The average molecular weight is 385 g/mol. The minimum atomic E-state index is -3.15. The van der Waals surface area contributed by atoms with Gasteiger partial charge in [-0.05, 0) is 68.8 Å². The third kappa shape index (κ3) is 3.64. The van der Waals surface area contributed by atoms with Crippen molar-refractivity contribution in [2.75, 3.05) is 17.9 Å². The van der Waals surface area contributed by atoms with Crippen LogP contribution in [0.4, 0.5) is 15.8 Å². The van der Waals surface area contributed by atoms with Crippen molar-refractivity contribution in [1.29, 1.82) is 0 Å². The first-order valence-electron chi connectivity index (χ1n) is 8.20. The van der Waals surface area contributed by atoms with Gasteiger partial charge in [0.1, 0.15) is 5.82 Å². The molecule has 0 aliphatic carbocycles. The summed E-state index contributed by atoms with van der Waals surface area (Å²) in [5.74, 6) is -0.329. The smallest absolute Gasteiger partial charge is 0.123 e. The highest BCUT2D eigenvalue weighted by molar-refractivity contribution is 8.26. The van der Waals surface area contributed by atoms with Crippen LogP contribution in [0, 0.1) is 5.82 Å². The summed E-state index contributed by atoms with van der Waals surface area (Å²) >= 11 is 6.32. The summed E-state index contributed by atoms with van der Waals surface area (Å²) in [7, 11) is -1.29. The summed E-state index contributed by atoms with van der Waals surface area (Å²) in [5.41, 5.74) is 1.88. The Morgan fingerprint density at radius 1 is 1.24 bits per heavy atom. The molecule has 0 fully saturated rings. The Kier molecular flexibility index (Phi) is 5.55. The minimum absolute atomic E-state index is 0.329. The Labute approximate surface area is 154 Å². The van der Waals surface area contributed by atoms with Crippen molar-refractivity contribution < 1.29 is 13.5 Å². The Balaban J connectivity index is 2.08. The van der Waals surface area contributed by atoms with E-state index in [1.165, 1.54) is 16.4 Å². The largest absolute Gasteiger partial charge is 0.320 e. The monoisotopic (exact) mass is 384 g/mol. The van der Waals surface area contributed by atoms with Gasteiger partial charge in [-0.1, -0.05) is 23.7 Å². The molecule has 25 heavy (non-hydrogen) atoms. The molecule has 1 heterocycles. The van der Waals surface area contributed by atoms with E-state index in [4.69, 9.17) is 11.6 Å². The van der Waals surface area contributed by atoms with Crippen LogP contribution in [0.1, 0.15) is 18.4 Å². The van der Waals surface area contributed by atoms with Crippen molar-refractivity contribution in [3.05, 3.63) is 58.9 Å². The van der Waals surface area contributed by atoms with Crippen LogP contribution in [-0.2, 0) is 6.42 Å². The topological polar surface area (TPSA) is 55.7 Å². The molecule has 0 radical (unpaired) electrons. The number of halogens is 2. The van der Waals surface area contributed by atoms with Crippen molar-refractivity contribution in [1.82, 2.24) is 5.32 Å². The van der Waals surface area contributed by atoms with Crippen LogP contribution >= 0.6 is 22.4 Å². The number of nitrogens with zero attached hydrogens (tertiary/aromatic N) is 1. The van der Waals surface area contributed by atoms with Crippen molar-refractivity contribution in [2.45, 2.75) is 24.5 Å². The number of rotatable bonds is 5. The Morgan fingerprint density at radius 3 is 2.72 bits per heavy atom. The van der Waals surface area contributed by atoms with Crippen LogP contribution in [0.3, 0.4) is 0 Å². The predicted octanol–water partition coefficient (Wildman–Crippen LogP) is 5.21. The van der Waals surface area contributed by atoms with Crippen molar-refractivity contribution in [2.24, 2.45) is 0 Å². The van der Waals surface area contributed by atoms with Gasteiger partial charge < -0.3 is 5.32 Å². The molecule has 3 N–H and O–H groups in total. The Morgan fingerprint density at radius 2 is 2.00 bits per heavy atom. The molecule has 0 amide bonds. The third-order valence-corrected chi connectivity index (χ3v) is 7.00. The average Bonchev–Trinajstić information content (AvgIpc) is 2.57. The second kappa shape index (κ2) is 7.51. The molecule has 1 aliphatic rings. The maximum absolute atomic E-state index is 13.8. The molecule has 1 atom stereocenters. The van der Waals surface area contributed by atoms with E-state index in [0.717, 1.165) is 18.5 Å². The van der Waals surface area contributed by atoms with Gasteiger partial charge in [0.05, 0.1) is 21.6 Å². The first-order chi connectivity index (χ1) is 11.9. The minimum Gasteiger partial charge on any atom is -0.320 e. The molecule has 0 saturated carbocycles. The fourth-order valence-electron chi connectivity index (χ4n) is 3.22. The summed E-state index contributed by atoms with van der Waals surface area (Å²) in [6, 6.07) is 11.4. The number of fused-ring (bicyclic) bond motifs is 1. The second-order valence-electron chi connectivity index (χ2n) is 6.15. The van der Waals surface area contributed by atoms with E-state index in [9.17, 15) is 13.5 Å². The lowest BCUT2D eigenvalue weighted by molar-refractivity contribution is 0.454. The van der Waals surface area contributed by atoms with Gasteiger partial charge in [0.2, 0.25) is 0 Å². The molecule has 0 aromatic heterocycles. The molecule has 136 valence electrons. The van der Waals surface area contributed by atoms with Gasteiger partial charge in [0, 0.05) is 0 Å². The SMILES string of the molecule is CNCCC[C@H]1Cc2cc(F)ccc2N(c2ccccc2Cl)S1(O)O.